The third-order valence-corrected chi connectivity index (χ3v) is 6.81. The summed E-state index contributed by atoms with van der Waals surface area (Å²) >= 11 is 25.4. The van der Waals surface area contributed by atoms with Gasteiger partial charge in [0.05, 0.1) is 32.1 Å². The molecule has 0 heterocycles. The van der Waals surface area contributed by atoms with Crippen molar-refractivity contribution in [2.45, 2.75) is 13.8 Å². The largest absolute Gasteiger partial charge is 0.479 e. The lowest BCUT2D eigenvalue weighted by atomic mass is 10.1. The molecule has 0 atom stereocenters. The van der Waals surface area contributed by atoms with Crippen LogP contribution in [0.25, 0.3) is 0 Å². The van der Waals surface area contributed by atoms with E-state index in [9.17, 15) is 4.79 Å². The average Bonchev–Trinajstić information content (AvgIpc) is 2.88. The van der Waals surface area contributed by atoms with Crippen LogP contribution in [0.3, 0.4) is 0 Å². The molecule has 12 heteroatoms. The fraction of sp³-hybridized carbons (Fsp3) is 0.222. The van der Waals surface area contributed by atoms with Crippen LogP contribution in [0.1, 0.15) is 12.5 Å². The van der Waals surface area contributed by atoms with Crippen LogP contribution < -0.4 is 25.7 Å². The van der Waals surface area contributed by atoms with E-state index in [1.807, 2.05) is 32.2 Å². The van der Waals surface area contributed by atoms with Crippen LogP contribution in [-0.4, -0.2) is 45.2 Å². The normalized spacial score (nSPS) is 11.8. The smallest absolute Gasteiger partial charge is 0.180 e. The number of nitrogens with two attached hydrogens (primary N) is 1. The highest BCUT2D eigenvalue weighted by molar-refractivity contribution is 6.64. The molecule has 0 saturated heterocycles. The minimum absolute atomic E-state index is 0.00367. The summed E-state index contributed by atoms with van der Waals surface area (Å²) in [5, 5.41) is 10.4. The lowest BCUT2D eigenvalue weighted by Gasteiger charge is -2.20. The van der Waals surface area contributed by atoms with E-state index < -0.39 is 0 Å². The van der Waals surface area contributed by atoms with E-state index in [2.05, 4.69) is 27.2 Å². The number of carbonyl (C=O) groups is 1. The van der Waals surface area contributed by atoms with E-state index in [0.29, 0.717) is 39.1 Å². The van der Waals surface area contributed by atoms with Crippen LogP contribution in [0.4, 0.5) is 22.7 Å². The minimum atomic E-state index is -0.0259. The van der Waals surface area contributed by atoms with Gasteiger partial charge in [-0.1, -0.05) is 46.4 Å². The molecular formula is C27H28Cl4N6O2. The molecule has 0 spiro atoms. The maximum Gasteiger partial charge on any atom is 0.180 e. The van der Waals surface area contributed by atoms with Gasteiger partial charge in [-0.05, 0) is 61.9 Å². The van der Waals surface area contributed by atoms with Gasteiger partial charge in [0.1, 0.15) is 18.2 Å². The second-order valence-electron chi connectivity index (χ2n) is 8.37. The number of nitrogens with zero attached hydrogens (tertiary/aromatic N) is 4. The summed E-state index contributed by atoms with van der Waals surface area (Å²) in [4.78, 5) is 19.1. The Bertz CT molecular complexity index is 1390. The number of aliphatic imine (C=N–C) groups is 1. The fourth-order valence-corrected chi connectivity index (χ4v) is 4.77. The van der Waals surface area contributed by atoms with Crippen molar-refractivity contribution in [3.63, 3.8) is 0 Å². The second kappa shape index (κ2) is 13.9. The molecule has 3 aromatic rings. The van der Waals surface area contributed by atoms with Crippen molar-refractivity contribution in [2.75, 3.05) is 42.6 Å². The molecule has 0 amide bonds. The number of hydrazone groups is 1. The maximum absolute atomic E-state index is 12.4. The van der Waals surface area contributed by atoms with E-state index in [1.165, 1.54) is 5.01 Å². The summed E-state index contributed by atoms with van der Waals surface area (Å²) in [6.45, 7) is 4.80. The van der Waals surface area contributed by atoms with Gasteiger partial charge >= 0.3 is 0 Å². The first-order chi connectivity index (χ1) is 18.6. The lowest BCUT2D eigenvalue weighted by molar-refractivity contribution is -0.102. The lowest BCUT2D eigenvalue weighted by Crippen LogP contribution is -2.28. The molecule has 8 nitrogen and oxygen atoms in total. The number of hydrogen-bond donors (Lipinski definition) is 2. The molecular weight excluding hydrogens is 582 g/mol. The molecule has 0 unspecified atom stereocenters. The minimum Gasteiger partial charge on any atom is -0.479 e. The van der Waals surface area contributed by atoms with Gasteiger partial charge in [-0.15, -0.1) is 0 Å². The number of benzene rings is 3. The number of halogens is 4. The number of rotatable bonds is 10. The highest BCUT2D eigenvalue weighted by Crippen LogP contribution is 2.36. The molecule has 3 N–H and O–H groups in total. The number of amidine groups is 1. The van der Waals surface area contributed by atoms with E-state index in [-0.39, 0.29) is 28.3 Å². The van der Waals surface area contributed by atoms with Crippen molar-refractivity contribution in [3.8, 4) is 5.75 Å². The van der Waals surface area contributed by atoms with E-state index in [0.717, 1.165) is 17.8 Å². The first-order valence-electron chi connectivity index (χ1n) is 11.8. The monoisotopic (exact) mass is 608 g/mol. The standard InChI is InChI=1S/C27H28Cl4N6O2/c1-5-36(3)18-6-9-23(16(2)10-18)33-25(14-38)27(34-24-13-19(39-15-32)7-8-20(24)29)35-37(4)26-21(30)11-17(28)12-22(26)31/h6-14H,5,15,32H2,1-4H3,(H,34,35)/b33-25+. The van der Waals surface area contributed by atoms with E-state index >= 15 is 0 Å². The third-order valence-electron chi connectivity index (χ3n) is 5.69. The summed E-state index contributed by atoms with van der Waals surface area (Å²) < 4.78 is 5.39. The van der Waals surface area contributed by atoms with Gasteiger partial charge in [0, 0.05) is 37.4 Å². The summed E-state index contributed by atoms with van der Waals surface area (Å²) in [5.74, 6) is 0.549. The molecule has 0 aliphatic heterocycles. The number of aldehydes is 1. The molecule has 39 heavy (non-hydrogen) atoms. The predicted octanol–water partition coefficient (Wildman–Crippen LogP) is 7.19. The van der Waals surface area contributed by atoms with Gasteiger partial charge in [-0.25, -0.2) is 4.99 Å². The van der Waals surface area contributed by atoms with E-state index in [4.69, 9.17) is 56.9 Å². The van der Waals surface area contributed by atoms with Crippen LogP contribution in [-0.2, 0) is 4.79 Å². The topological polar surface area (TPSA) is 95.5 Å². The quantitative estimate of drug-likeness (QED) is 0.0830. The van der Waals surface area contributed by atoms with Gasteiger partial charge < -0.3 is 15.0 Å². The molecule has 3 aromatic carbocycles. The Balaban J connectivity index is 2.14. The van der Waals surface area contributed by atoms with Crippen molar-refractivity contribution in [3.05, 3.63) is 74.2 Å². The van der Waals surface area contributed by atoms with Crippen LogP contribution in [0.2, 0.25) is 20.1 Å². The van der Waals surface area contributed by atoms with Gasteiger partial charge in [-0.2, -0.15) is 5.10 Å². The van der Waals surface area contributed by atoms with Crippen LogP contribution in [0.5, 0.6) is 5.75 Å². The van der Waals surface area contributed by atoms with Crippen molar-refractivity contribution in [1.29, 1.82) is 0 Å². The Morgan fingerprint density at radius 3 is 2.31 bits per heavy atom. The third kappa shape index (κ3) is 7.77. The first kappa shape index (κ1) is 30.5. The highest BCUT2D eigenvalue weighted by atomic mass is 35.5. The molecule has 3 rings (SSSR count). The Morgan fingerprint density at radius 2 is 1.72 bits per heavy atom. The Hall–Kier alpha value is -3.01. The number of hydrogen-bond acceptors (Lipinski definition) is 7. The average molecular weight is 610 g/mol. The SMILES string of the molecule is CCN(C)c1ccc(/N=C(C=O)/C(=N\N(C)c2c(Cl)cc(Cl)cc2Cl)Nc2cc(OCN)ccc2Cl)c(C)c1. The van der Waals surface area contributed by atoms with Gasteiger partial charge in [0.25, 0.3) is 0 Å². The number of aryl methyl sites for hydroxylation is 1. The molecule has 206 valence electrons. The van der Waals surface area contributed by atoms with Crippen LogP contribution in [0.15, 0.2) is 58.6 Å². The zero-order chi connectivity index (χ0) is 28.7. The highest BCUT2D eigenvalue weighted by Gasteiger charge is 2.18. The fourth-order valence-electron chi connectivity index (χ4n) is 3.55. The summed E-state index contributed by atoms with van der Waals surface area (Å²) in [6.07, 6.45) is 0.602. The molecule has 0 radical (unpaired) electrons. The molecule has 0 saturated carbocycles. The van der Waals surface area contributed by atoms with Gasteiger partial charge in [0.2, 0.25) is 0 Å². The van der Waals surface area contributed by atoms with Crippen molar-refractivity contribution < 1.29 is 9.53 Å². The Morgan fingerprint density at radius 1 is 1.03 bits per heavy atom. The van der Waals surface area contributed by atoms with Gasteiger partial charge in [0.15, 0.2) is 12.1 Å². The Kier molecular flexibility index (Phi) is 10.9. The summed E-state index contributed by atoms with van der Waals surface area (Å²) in [7, 11) is 3.62. The molecule has 0 aliphatic rings. The molecule has 0 aromatic heterocycles. The molecule has 0 aliphatic carbocycles. The van der Waals surface area contributed by atoms with Crippen LogP contribution >= 0.6 is 46.4 Å². The number of anilines is 3. The number of ether oxygens (including phenoxy) is 1. The van der Waals surface area contributed by atoms with Crippen molar-refractivity contribution in [1.82, 2.24) is 0 Å². The van der Waals surface area contributed by atoms with Gasteiger partial charge in [-0.3, -0.25) is 15.5 Å². The predicted molar refractivity (Wildman–Crippen MR) is 165 cm³/mol. The summed E-state index contributed by atoms with van der Waals surface area (Å²) in [6, 6.07) is 13.8. The molecule has 0 fully saturated rings. The zero-order valence-electron chi connectivity index (χ0n) is 21.8. The number of carbonyl (C=O) groups excluding carboxylic acids is 1. The number of nitrogens with one attached hydrogen (secondary N) is 1. The maximum atomic E-state index is 12.4. The van der Waals surface area contributed by atoms with Crippen LogP contribution in [0, 0.1) is 6.92 Å². The van der Waals surface area contributed by atoms with E-state index in [1.54, 1.807) is 37.4 Å². The first-order valence-corrected chi connectivity index (χ1v) is 13.3. The molecule has 0 bridgehead atoms. The van der Waals surface area contributed by atoms with Crippen molar-refractivity contribution >= 4 is 87.0 Å². The second-order valence-corrected chi connectivity index (χ2v) is 10.0. The summed E-state index contributed by atoms with van der Waals surface area (Å²) in [5.41, 5.74) is 8.81. The zero-order valence-corrected chi connectivity index (χ0v) is 24.8. The van der Waals surface area contributed by atoms with Crippen molar-refractivity contribution in [2.24, 2.45) is 15.8 Å². The Labute approximate surface area is 247 Å².